The molecule has 0 spiro atoms. The molecule has 7 heteroatoms. The number of hydrogen-bond donors (Lipinski definition) is 1. The molecule has 1 atom stereocenters. The highest BCUT2D eigenvalue weighted by Crippen LogP contribution is 2.29. The Morgan fingerprint density at radius 3 is 3.11 bits per heavy atom. The Labute approximate surface area is 108 Å². The average molecular weight is 270 g/mol. The molecule has 1 aromatic rings. The fourth-order valence-electron chi connectivity index (χ4n) is 1.78. The molecule has 1 amide bonds. The summed E-state index contributed by atoms with van der Waals surface area (Å²) in [6.07, 6.45) is 1.74. The van der Waals surface area contributed by atoms with Crippen molar-refractivity contribution in [2.75, 3.05) is 24.7 Å². The lowest BCUT2D eigenvalue weighted by molar-refractivity contribution is -0.117. The molecule has 0 bridgehead atoms. The first kappa shape index (κ1) is 13.0. The van der Waals surface area contributed by atoms with Gasteiger partial charge in [-0.2, -0.15) is 0 Å². The number of aromatic nitrogens is 1. The van der Waals surface area contributed by atoms with Gasteiger partial charge in [0.25, 0.3) is 0 Å². The van der Waals surface area contributed by atoms with E-state index in [0.29, 0.717) is 29.6 Å². The van der Waals surface area contributed by atoms with Crippen molar-refractivity contribution in [1.29, 1.82) is 0 Å². The van der Waals surface area contributed by atoms with Crippen molar-refractivity contribution in [3.63, 3.8) is 0 Å². The average Bonchev–Trinajstić information content (AvgIpc) is 2.95. The Kier molecular flexibility index (Phi) is 3.93. The van der Waals surface area contributed by atoms with Crippen molar-refractivity contribution >= 4 is 28.3 Å². The van der Waals surface area contributed by atoms with Crippen LogP contribution in [0, 0.1) is 5.92 Å². The Balaban J connectivity index is 2.11. The molecule has 18 heavy (non-hydrogen) atoms. The number of amides is 1. The summed E-state index contributed by atoms with van der Waals surface area (Å²) >= 11 is 1.13. The minimum absolute atomic E-state index is 0.0155. The molecule has 6 nitrogen and oxygen atoms in total. The lowest BCUT2D eigenvalue weighted by Crippen LogP contribution is -2.24. The topological polar surface area (TPSA) is 79.7 Å². The molecular formula is C11H14N2O4S. The Bertz CT molecular complexity index is 460. The van der Waals surface area contributed by atoms with E-state index in [-0.39, 0.29) is 18.4 Å². The number of carbonyl (C=O) groups excluding carboxylic acids is 2. The number of carbonyl (C=O) groups is 2. The number of thiazole rings is 1. The highest BCUT2D eigenvalue weighted by molar-refractivity contribution is 7.17. The summed E-state index contributed by atoms with van der Waals surface area (Å²) in [4.78, 5) is 29.1. The fourth-order valence-corrected chi connectivity index (χ4v) is 2.61. The monoisotopic (exact) mass is 270 g/mol. The van der Waals surface area contributed by atoms with Gasteiger partial charge in [0, 0.05) is 25.5 Å². The van der Waals surface area contributed by atoms with Gasteiger partial charge in [0.05, 0.1) is 12.8 Å². The molecule has 98 valence electrons. The molecule has 1 fully saturated rings. The second kappa shape index (κ2) is 5.45. The van der Waals surface area contributed by atoms with Gasteiger partial charge < -0.3 is 9.84 Å². The zero-order valence-electron chi connectivity index (χ0n) is 9.96. The number of nitrogens with zero attached hydrogens (tertiary/aromatic N) is 2. The predicted molar refractivity (Wildman–Crippen MR) is 65.6 cm³/mol. The van der Waals surface area contributed by atoms with Gasteiger partial charge in [0.15, 0.2) is 5.13 Å². The molecule has 1 aromatic heterocycles. The molecule has 0 saturated carbocycles. The first-order valence-electron chi connectivity index (χ1n) is 5.69. The number of aliphatic hydroxyl groups is 1. The summed E-state index contributed by atoms with van der Waals surface area (Å²) in [6.45, 7) is 2.47. The van der Waals surface area contributed by atoms with Crippen molar-refractivity contribution in [3.8, 4) is 0 Å². The van der Waals surface area contributed by atoms with E-state index in [1.165, 1.54) is 11.1 Å². The van der Waals surface area contributed by atoms with Crippen LogP contribution in [0.4, 0.5) is 5.13 Å². The van der Waals surface area contributed by atoms with Crippen molar-refractivity contribution in [2.45, 2.75) is 13.3 Å². The quantitative estimate of drug-likeness (QED) is 0.813. The molecule has 2 rings (SSSR count). The molecule has 0 radical (unpaired) electrons. The van der Waals surface area contributed by atoms with Gasteiger partial charge in [-0.3, -0.25) is 9.69 Å². The Hall–Kier alpha value is -1.47. The van der Waals surface area contributed by atoms with Gasteiger partial charge in [-0.05, 0) is 6.92 Å². The molecule has 2 heterocycles. The summed E-state index contributed by atoms with van der Waals surface area (Å²) in [5, 5.41) is 9.53. The van der Waals surface area contributed by atoms with Crippen LogP contribution in [-0.2, 0) is 9.53 Å². The summed E-state index contributed by atoms with van der Waals surface area (Å²) in [7, 11) is 0. The number of rotatable bonds is 4. The molecule has 1 unspecified atom stereocenters. The zero-order chi connectivity index (χ0) is 13.1. The number of esters is 1. The third-order valence-corrected chi connectivity index (χ3v) is 3.66. The third-order valence-electron chi connectivity index (χ3n) is 2.66. The van der Waals surface area contributed by atoms with Gasteiger partial charge in [-0.15, -0.1) is 0 Å². The third kappa shape index (κ3) is 2.51. The number of ether oxygens (including phenoxy) is 1. The van der Waals surface area contributed by atoms with E-state index in [4.69, 9.17) is 9.84 Å². The van der Waals surface area contributed by atoms with Crippen molar-refractivity contribution in [3.05, 3.63) is 11.1 Å². The van der Waals surface area contributed by atoms with Crippen LogP contribution in [0.1, 0.15) is 23.0 Å². The van der Waals surface area contributed by atoms with Crippen LogP contribution in [0.25, 0.3) is 0 Å². The first-order valence-corrected chi connectivity index (χ1v) is 6.51. The van der Waals surface area contributed by atoms with Crippen LogP contribution in [-0.4, -0.2) is 41.7 Å². The molecule has 1 N–H and O–H groups in total. The van der Waals surface area contributed by atoms with Crippen LogP contribution in [0.3, 0.4) is 0 Å². The number of hydrogen-bond acceptors (Lipinski definition) is 6. The van der Waals surface area contributed by atoms with Crippen LogP contribution in [0.15, 0.2) is 6.20 Å². The zero-order valence-corrected chi connectivity index (χ0v) is 10.8. The molecular weight excluding hydrogens is 256 g/mol. The molecule has 1 aliphatic heterocycles. The summed E-state index contributed by atoms with van der Waals surface area (Å²) in [5.74, 6) is -0.544. The fraction of sp³-hybridized carbons (Fsp3) is 0.545. The number of aliphatic hydroxyl groups excluding tert-OH is 1. The van der Waals surface area contributed by atoms with Crippen LogP contribution >= 0.6 is 11.3 Å². The molecule has 0 aromatic carbocycles. The predicted octanol–water partition coefficient (Wildman–Crippen LogP) is 0.665. The van der Waals surface area contributed by atoms with E-state index in [2.05, 4.69) is 4.98 Å². The maximum atomic E-state index is 11.7. The van der Waals surface area contributed by atoms with Crippen LogP contribution in [0.2, 0.25) is 0 Å². The van der Waals surface area contributed by atoms with Crippen molar-refractivity contribution in [2.24, 2.45) is 5.92 Å². The maximum Gasteiger partial charge on any atom is 0.350 e. The van der Waals surface area contributed by atoms with Crippen molar-refractivity contribution in [1.82, 2.24) is 4.98 Å². The summed E-state index contributed by atoms with van der Waals surface area (Å²) in [6, 6.07) is 0. The van der Waals surface area contributed by atoms with Crippen LogP contribution in [0.5, 0.6) is 0 Å². The molecule has 1 aliphatic rings. The largest absolute Gasteiger partial charge is 0.462 e. The summed E-state index contributed by atoms with van der Waals surface area (Å²) in [5.41, 5.74) is 0. The Morgan fingerprint density at radius 2 is 2.50 bits per heavy atom. The highest BCUT2D eigenvalue weighted by Gasteiger charge is 2.32. The van der Waals surface area contributed by atoms with Gasteiger partial charge in [0.1, 0.15) is 4.88 Å². The lowest BCUT2D eigenvalue weighted by atomic mass is 10.1. The van der Waals surface area contributed by atoms with Gasteiger partial charge in [-0.25, -0.2) is 9.78 Å². The summed E-state index contributed by atoms with van der Waals surface area (Å²) < 4.78 is 4.86. The lowest BCUT2D eigenvalue weighted by Gasteiger charge is -2.11. The van der Waals surface area contributed by atoms with Crippen LogP contribution < -0.4 is 4.90 Å². The second-order valence-corrected chi connectivity index (χ2v) is 4.99. The van der Waals surface area contributed by atoms with E-state index in [9.17, 15) is 9.59 Å². The minimum atomic E-state index is -0.424. The second-order valence-electron chi connectivity index (χ2n) is 3.98. The standard InChI is InChI=1S/C11H14N2O4S/c1-2-17-10(16)8-4-12-11(18-8)13-5-7(6-14)3-9(13)15/h4,7,14H,2-3,5-6H2,1H3. The smallest absolute Gasteiger partial charge is 0.350 e. The van der Waals surface area contributed by atoms with E-state index in [1.807, 2.05) is 0 Å². The van der Waals surface area contributed by atoms with Crippen molar-refractivity contribution < 1.29 is 19.4 Å². The van der Waals surface area contributed by atoms with E-state index in [1.54, 1.807) is 6.92 Å². The molecule has 1 saturated heterocycles. The molecule has 0 aliphatic carbocycles. The van der Waals surface area contributed by atoms with E-state index in [0.717, 1.165) is 11.3 Å². The maximum absolute atomic E-state index is 11.7. The van der Waals surface area contributed by atoms with Gasteiger partial charge in [0.2, 0.25) is 5.91 Å². The SMILES string of the molecule is CCOC(=O)c1cnc(N2CC(CO)CC2=O)s1. The number of anilines is 1. The first-order chi connectivity index (χ1) is 8.65. The minimum Gasteiger partial charge on any atom is -0.462 e. The van der Waals surface area contributed by atoms with E-state index < -0.39 is 5.97 Å². The van der Waals surface area contributed by atoms with Gasteiger partial charge >= 0.3 is 5.97 Å². The van der Waals surface area contributed by atoms with E-state index >= 15 is 0 Å². The van der Waals surface area contributed by atoms with Gasteiger partial charge in [-0.1, -0.05) is 11.3 Å². The highest BCUT2D eigenvalue weighted by atomic mass is 32.1. The normalized spacial score (nSPS) is 19.3. The Morgan fingerprint density at radius 1 is 1.72 bits per heavy atom.